The second kappa shape index (κ2) is 8.76. The van der Waals surface area contributed by atoms with Crippen LogP contribution in [0.3, 0.4) is 0 Å². The largest absolute Gasteiger partial charge is 0.457 e. The van der Waals surface area contributed by atoms with E-state index in [0.29, 0.717) is 12.0 Å². The molecule has 0 aliphatic carbocycles. The van der Waals surface area contributed by atoms with Gasteiger partial charge in [-0.05, 0) is 59.7 Å². The predicted octanol–water partition coefficient (Wildman–Crippen LogP) is 3.93. The summed E-state index contributed by atoms with van der Waals surface area (Å²) >= 11 is 0. The summed E-state index contributed by atoms with van der Waals surface area (Å²) in [7, 11) is 0. The first-order valence-corrected chi connectivity index (χ1v) is 10.4. The molecule has 1 aliphatic rings. The van der Waals surface area contributed by atoms with Gasteiger partial charge in [-0.1, -0.05) is 6.08 Å². The number of hydrogen-bond acceptors (Lipinski definition) is 6. The lowest BCUT2D eigenvalue weighted by Gasteiger charge is -2.11. The van der Waals surface area contributed by atoms with Crippen LogP contribution in [0.25, 0.3) is 27.9 Å². The van der Waals surface area contributed by atoms with E-state index in [1.165, 1.54) is 18.3 Å². The van der Waals surface area contributed by atoms with E-state index in [2.05, 4.69) is 9.98 Å². The minimum atomic E-state index is -0.444. The smallest absolute Gasteiger partial charge is 0.339 e. The number of esters is 1. The minimum absolute atomic E-state index is 0.0966. The van der Waals surface area contributed by atoms with Crippen molar-refractivity contribution in [3.05, 3.63) is 90.2 Å². The van der Waals surface area contributed by atoms with Gasteiger partial charge in [-0.3, -0.25) is 9.98 Å². The van der Waals surface area contributed by atoms with Gasteiger partial charge in [0.2, 0.25) is 0 Å². The molecule has 1 atom stereocenters. The molecule has 0 radical (unpaired) electrons. The zero-order valence-corrected chi connectivity index (χ0v) is 17.6. The molecule has 1 aliphatic heterocycles. The monoisotopic (exact) mass is 441 g/mol. The third-order valence-corrected chi connectivity index (χ3v) is 5.38. The Balaban J connectivity index is 1.50. The molecular weight excluding hydrogens is 421 g/mol. The molecule has 164 valence electrons. The van der Waals surface area contributed by atoms with Crippen LogP contribution in [0, 0.1) is 5.82 Å². The molecular formula is C25H20FN5O2. The Labute approximate surface area is 189 Å². The number of dihydropyridines is 1. The molecule has 7 nitrogen and oxygen atoms in total. The summed E-state index contributed by atoms with van der Waals surface area (Å²) in [6.07, 6.45) is 8.62. The van der Waals surface area contributed by atoms with Crippen molar-refractivity contribution in [2.75, 3.05) is 0 Å². The highest BCUT2D eigenvalue weighted by molar-refractivity contribution is 6.09. The number of carbonyl (C=O) groups excluding carboxylic acids is 1. The predicted molar refractivity (Wildman–Crippen MR) is 123 cm³/mol. The third-order valence-electron chi connectivity index (χ3n) is 5.38. The molecule has 0 saturated carbocycles. The Bertz CT molecular complexity index is 1380. The summed E-state index contributed by atoms with van der Waals surface area (Å²) in [5.74, 6) is -0.752. The van der Waals surface area contributed by atoms with Gasteiger partial charge in [-0.25, -0.2) is 13.7 Å². The van der Waals surface area contributed by atoms with E-state index in [1.54, 1.807) is 35.1 Å². The lowest BCUT2D eigenvalue weighted by atomic mass is 10.00. The van der Waals surface area contributed by atoms with E-state index < -0.39 is 5.97 Å². The van der Waals surface area contributed by atoms with E-state index >= 15 is 0 Å². The zero-order chi connectivity index (χ0) is 22.8. The van der Waals surface area contributed by atoms with Crippen LogP contribution in [0.5, 0.6) is 0 Å². The highest BCUT2D eigenvalue weighted by atomic mass is 19.1. The Morgan fingerprint density at radius 2 is 1.91 bits per heavy atom. The number of carbonyl (C=O) groups is 1. The van der Waals surface area contributed by atoms with Crippen LogP contribution in [0.1, 0.15) is 12.0 Å². The van der Waals surface area contributed by atoms with Crippen LogP contribution in [0.15, 0.2) is 83.8 Å². The van der Waals surface area contributed by atoms with Gasteiger partial charge >= 0.3 is 5.97 Å². The Morgan fingerprint density at radius 3 is 2.64 bits per heavy atom. The van der Waals surface area contributed by atoms with E-state index in [0.717, 1.165) is 33.5 Å². The maximum Gasteiger partial charge on any atom is 0.339 e. The maximum atomic E-state index is 13.5. The third kappa shape index (κ3) is 4.28. The molecule has 0 saturated heterocycles. The first-order chi connectivity index (χ1) is 16.1. The molecule has 4 heterocycles. The molecule has 0 fully saturated rings. The van der Waals surface area contributed by atoms with Crippen molar-refractivity contribution in [2.24, 2.45) is 10.7 Å². The van der Waals surface area contributed by atoms with Crippen LogP contribution >= 0.6 is 0 Å². The molecule has 5 rings (SSSR count). The Kier molecular flexibility index (Phi) is 5.50. The molecule has 8 heteroatoms. The molecule has 1 aromatic carbocycles. The standard InChI is InChI=1S/C25H20FN5O2/c26-20-4-1-18(2-5-20)24-23(17-7-10-28-11-8-17)21-13-16(9-12-31(21)30-24)15-33-25(32)19-3-6-22(27)29-14-19/h1-5,7-14,22H,6,15,27H2. The van der Waals surface area contributed by atoms with Gasteiger partial charge < -0.3 is 10.5 Å². The number of aliphatic imine (C=N–C) groups is 1. The first-order valence-electron chi connectivity index (χ1n) is 10.4. The van der Waals surface area contributed by atoms with Gasteiger partial charge in [0.05, 0.1) is 11.1 Å². The number of halogens is 1. The summed E-state index contributed by atoms with van der Waals surface area (Å²) in [5.41, 5.74) is 11.1. The average Bonchev–Trinajstić information content (AvgIpc) is 3.22. The van der Waals surface area contributed by atoms with Crippen molar-refractivity contribution >= 4 is 17.7 Å². The minimum Gasteiger partial charge on any atom is -0.457 e. The number of hydrogen-bond donors (Lipinski definition) is 1. The molecule has 4 aromatic rings. The van der Waals surface area contributed by atoms with E-state index in [9.17, 15) is 9.18 Å². The highest BCUT2D eigenvalue weighted by Crippen LogP contribution is 2.35. The maximum absolute atomic E-state index is 13.5. The van der Waals surface area contributed by atoms with Gasteiger partial charge in [0.1, 0.15) is 24.3 Å². The number of aromatic nitrogens is 3. The molecule has 1 unspecified atom stereocenters. The second-order valence-electron chi connectivity index (χ2n) is 7.65. The highest BCUT2D eigenvalue weighted by Gasteiger charge is 2.18. The topological polar surface area (TPSA) is 94.9 Å². The van der Waals surface area contributed by atoms with E-state index in [4.69, 9.17) is 15.6 Å². The van der Waals surface area contributed by atoms with Crippen LogP contribution in [-0.2, 0) is 16.1 Å². The number of rotatable bonds is 5. The van der Waals surface area contributed by atoms with Crippen LogP contribution in [-0.4, -0.2) is 32.9 Å². The first kappa shape index (κ1) is 20.7. The fourth-order valence-corrected chi connectivity index (χ4v) is 3.70. The quantitative estimate of drug-likeness (QED) is 0.474. The molecule has 0 amide bonds. The zero-order valence-electron chi connectivity index (χ0n) is 17.6. The van der Waals surface area contributed by atoms with Crippen molar-refractivity contribution in [1.29, 1.82) is 0 Å². The van der Waals surface area contributed by atoms with Crippen molar-refractivity contribution in [3.63, 3.8) is 0 Å². The molecule has 0 spiro atoms. The van der Waals surface area contributed by atoms with E-state index in [-0.39, 0.29) is 18.6 Å². The van der Waals surface area contributed by atoms with Crippen molar-refractivity contribution in [1.82, 2.24) is 14.6 Å². The van der Waals surface area contributed by atoms with E-state index in [1.807, 2.05) is 30.5 Å². The number of nitrogens with zero attached hydrogens (tertiary/aromatic N) is 4. The number of ether oxygens (including phenoxy) is 1. The fraction of sp³-hybridized carbons (Fsp3) is 0.120. The SMILES string of the molecule is NC1CC=C(C(=O)OCc2ccn3nc(-c4ccc(F)cc4)c(-c4ccncc4)c3c2)C=N1. The number of fused-ring (bicyclic) bond motifs is 1. The average molecular weight is 441 g/mol. The van der Waals surface area contributed by atoms with Gasteiger partial charge in [0, 0.05) is 42.4 Å². The van der Waals surface area contributed by atoms with Crippen LogP contribution in [0.4, 0.5) is 4.39 Å². The number of benzene rings is 1. The molecule has 2 N–H and O–H groups in total. The van der Waals surface area contributed by atoms with Gasteiger partial charge in [-0.15, -0.1) is 0 Å². The fourth-order valence-electron chi connectivity index (χ4n) is 3.70. The summed E-state index contributed by atoms with van der Waals surface area (Å²) in [6.45, 7) is 0.0966. The molecule has 3 aromatic heterocycles. The second-order valence-corrected chi connectivity index (χ2v) is 7.65. The van der Waals surface area contributed by atoms with Crippen LogP contribution < -0.4 is 5.73 Å². The number of pyridine rings is 2. The lowest BCUT2D eigenvalue weighted by Crippen LogP contribution is -2.21. The van der Waals surface area contributed by atoms with Crippen LogP contribution in [0.2, 0.25) is 0 Å². The molecule has 0 bridgehead atoms. The van der Waals surface area contributed by atoms with Crippen molar-refractivity contribution < 1.29 is 13.9 Å². The van der Waals surface area contributed by atoms with Gasteiger partial charge in [-0.2, -0.15) is 5.10 Å². The summed E-state index contributed by atoms with van der Waals surface area (Å²) in [4.78, 5) is 20.5. The van der Waals surface area contributed by atoms with Gasteiger partial charge in [0.15, 0.2) is 0 Å². The lowest BCUT2D eigenvalue weighted by molar-refractivity contribution is -0.139. The Hall–Kier alpha value is -4.17. The van der Waals surface area contributed by atoms with Crippen molar-refractivity contribution in [2.45, 2.75) is 19.2 Å². The normalized spacial score (nSPS) is 15.5. The summed E-state index contributed by atoms with van der Waals surface area (Å²) in [5, 5.41) is 4.73. The van der Waals surface area contributed by atoms with Crippen molar-refractivity contribution in [3.8, 4) is 22.4 Å². The number of nitrogens with two attached hydrogens (primary N) is 1. The molecule has 33 heavy (non-hydrogen) atoms. The summed E-state index contributed by atoms with van der Waals surface area (Å²) < 4.78 is 20.7. The van der Waals surface area contributed by atoms with Gasteiger partial charge in [0.25, 0.3) is 0 Å². The summed E-state index contributed by atoms with van der Waals surface area (Å²) in [6, 6.07) is 13.8. The Morgan fingerprint density at radius 1 is 1.12 bits per heavy atom.